The van der Waals surface area contributed by atoms with Crippen LogP contribution < -0.4 is 14.8 Å². The van der Waals surface area contributed by atoms with E-state index in [1.165, 1.54) is 34.3 Å². The monoisotopic (exact) mass is 395 g/mol. The highest BCUT2D eigenvalue weighted by Crippen LogP contribution is 2.40. The number of likely N-dealkylation sites (tertiary alicyclic amines) is 1. The first kappa shape index (κ1) is 18.5. The lowest BCUT2D eigenvalue weighted by atomic mass is 9.86. The number of aromatic nitrogens is 1. The molecule has 5 rings (SSSR count). The molecule has 6 heteroatoms. The number of fused-ring (bicyclic) bond motifs is 4. The molecule has 152 valence electrons. The number of aromatic amines is 1. The van der Waals surface area contributed by atoms with Crippen molar-refractivity contribution in [2.45, 2.75) is 18.4 Å². The topological polar surface area (TPSA) is 49.5 Å². The van der Waals surface area contributed by atoms with Gasteiger partial charge in [0.2, 0.25) is 0 Å². The molecule has 1 unspecified atom stereocenters. The molecule has 29 heavy (non-hydrogen) atoms. The summed E-state index contributed by atoms with van der Waals surface area (Å²) in [4.78, 5) is 6.14. The first-order chi connectivity index (χ1) is 14.2. The van der Waals surface area contributed by atoms with Crippen molar-refractivity contribution in [1.82, 2.24) is 15.2 Å². The second kappa shape index (κ2) is 7.35. The van der Waals surface area contributed by atoms with Gasteiger partial charge in [0.15, 0.2) is 0 Å². The van der Waals surface area contributed by atoms with Crippen molar-refractivity contribution in [2.75, 3.05) is 39.9 Å². The highest BCUT2D eigenvalue weighted by Gasteiger charge is 2.43. The van der Waals surface area contributed by atoms with E-state index < -0.39 is 0 Å². The third-order valence-electron chi connectivity index (χ3n) is 6.27. The fourth-order valence-corrected chi connectivity index (χ4v) is 4.79. The predicted octanol–water partition coefficient (Wildman–Crippen LogP) is 3.44. The molecular weight excluding hydrogens is 369 g/mol. The van der Waals surface area contributed by atoms with Crippen LogP contribution in [0.15, 0.2) is 42.5 Å². The van der Waals surface area contributed by atoms with Gasteiger partial charge in [0.05, 0.1) is 12.6 Å². The van der Waals surface area contributed by atoms with Crippen LogP contribution in [0.2, 0.25) is 0 Å². The van der Waals surface area contributed by atoms with Crippen LogP contribution in [0, 0.1) is 5.82 Å². The van der Waals surface area contributed by atoms with E-state index in [1.807, 2.05) is 6.07 Å². The maximum Gasteiger partial charge on any atom is 0.123 e. The zero-order valence-electron chi connectivity index (χ0n) is 16.6. The number of H-pyrrole nitrogens is 1. The lowest BCUT2D eigenvalue weighted by Gasteiger charge is -2.35. The second-order valence-corrected chi connectivity index (χ2v) is 7.98. The Bertz CT molecular complexity index is 1020. The number of hydrogen-bond acceptors (Lipinski definition) is 4. The van der Waals surface area contributed by atoms with E-state index in [0.29, 0.717) is 12.4 Å². The normalized spacial score (nSPS) is 21.6. The average molecular weight is 395 g/mol. The van der Waals surface area contributed by atoms with Crippen LogP contribution in [0.4, 0.5) is 4.39 Å². The van der Waals surface area contributed by atoms with Crippen molar-refractivity contribution in [3.63, 3.8) is 0 Å². The van der Waals surface area contributed by atoms with Gasteiger partial charge in [0.25, 0.3) is 0 Å². The summed E-state index contributed by atoms with van der Waals surface area (Å²) in [5, 5.41) is 5.07. The van der Waals surface area contributed by atoms with Crippen molar-refractivity contribution in [3.8, 4) is 11.5 Å². The van der Waals surface area contributed by atoms with Crippen LogP contribution in [0.5, 0.6) is 11.5 Å². The largest absolute Gasteiger partial charge is 0.497 e. The van der Waals surface area contributed by atoms with Crippen molar-refractivity contribution in [1.29, 1.82) is 0 Å². The lowest BCUT2D eigenvalue weighted by molar-refractivity contribution is 0.218. The summed E-state index contributed by atoms with van der Waals surface area (Å²) in [5.41, 5.74) is 3.89. The van der Waals surface area contributed by atoms with Crippen LogP contribution in [0.3, 0.4) is 0 Å². The molecule has 2 aliphatic rings. The minimum Gasteiger partial charge on any atom is -0.497 e. The molecule has 1 fully saturated rings. The number of hydrogen-bond donors (Lipinski definition) is 2. The van der Waals surface area contributed by atoms with Gasteiger partial charge in [-0.2, -0.15) is 0 Å². The number of nitrogens with one attached hydrogen (secondary N) is 2. The Balaban J connectivity index is 1.30. The molecule has 2 N–H and O–H groups in total. The molecule has 0 saturated carbocycles. The average Bonchev–Trinajstić information content (AvgIpc) is 3.32. The molecule has 1 atom stereocenters. The fraction of sp³-hybridized carbons (Fsp3) is 0.391. The number of nitrogens with zero attached hydrogens (tertiary/aromatic N) is 1. The van der Waals surface area contributed by atoms with Gasteiger partial charge in [-0.15, -0.1) is 0 Å². The number of ether oxygens (including phenoxy) is 2. The zero-order valence-corrected chi connectivity index (χ0v) is 16.6. The highest BCUT2D eigenvalue weighted by molar-refractivity contribution is 5.86. The Kier molecular flexibility index (Phi) is 4.68. The maximum absolute atomic E-state index is 13.0. The molecule has 5 nitrogen and oxygen atoms in total. The Hall–Kier alpha value is -2.57. The number of methoxy groups -OCH3 is 1. The fourth-order valence-electron chi connectivity index (χ4n) is 4.79. The minimum atomic E-state index is -0.242. The Morgan fingerprint density at radius 2 is 1.97 bits per heavy atom. The molecule has 3 heterocycles. The van der Waals surface area contributed by atoms with Crippen LogP contribution in [0.25, 0.3) is 10.9 Å². The van der Waals surface area contributed by atoms with Gasteiger partial charge in [0.1, 0.15) is 23.9 Å². The predicted molar refractivity (Wildman–Crippen MR) is 111 cm³/mol. The third-order valence-corrected chi connectivity index (χ3v) is 6.27. The van der Waals surface area contributed by atoms with E-state index in [9.17, 15) is 4.39 Å². The van der Waals surface area contributed by atoms with Crippen LogP contribution in [-0.4, -0.2) is 49.8 Å². The molecule has 0 aliphatic carbocycles. The molecule has 1 aromatic heterocycles. The number of rotatable bonds is 5. The molecule has 2 aromatic carbocycles. The lowest BCUT2D eigenvalue weighted by Crippen LogP contribution is -2.49. The summed E-state index contributed by atoms with van der Waals surface area (Å²) in [6, 6.07) is 12.5. The van der Waals surface area contributed by atoms with E-state index in [4.69, 9.17) is 9.47 Å². The van der Waals surface area contributed by atoms with Crippen LogP contribution in [0.1, 0.15) is 17.7 Å². The van der Waals surface area contributed by atoms with E-state index in [0.717, 1.165) is 44.8 Å². The van der Waals surface area contributed by atoms with Gasteiger partial charge < -0.3 is 19.8 Å². The zero-order chi connectivity index (χ0) is 19.8. The van der Waals surface area contributed by atoms with Crippen molar-refractivity contribution < 1.29 is 13.9 Å². The molecule has 0 radical (unpaired) electrons. The van der Waals surface area contributed by atoms with Gasteiger partial charge in [-0.25, -0.2) is 4.39 Å². The summed E-state index contributed by atoms with van der Waals surface area (Å²) in [6.07, 6.45) is 2.10. The van der Waals surface area contributed by atoms with Crippen LogP contribution >= 0.6 is 0 Å². The van der Waals surface area contributed by atoms with Crippen LogP contribution in [-0.2, 0) is 12.0 Å². The molecule has 0 amide bonds. The summed E-state index contributed by atoms with van der Waals surface area (Å²) < 4.78 is 24.2. The molecule has 2 aliphatic heterocycles. The number of benzene rings is 2. The molecular formula is C23H26FN3O2. The van der Waals surface area contributed by atoms with Gasteiger partial charge in [0, 0.05) is 42.8 Å². The van der Waals surface area contributed by atoms with Gasteiger partial charge >= 0.3 is 0 Å². The van der Waals surface area contributed by atoms with Gasteiger partial charge in [-0.05, 0) is 60.9 Å². The number of halogens is 1. The first-order valence-electron chi connectivity index (χ1n) is 10.2. The maximum atomic E-state index is 13.0. The van der Waals surface area contributed by atoms with E-state index in [1.54, 1.807) is 19.2 Å². The Labute approximate surface area is 169 Å². The Morgan fingerprint density at radius 3 is 2.79 bits per heavy atom. The molecule has 0 bridgehead atoms. The van der Waals surface area contributed by atoms with Crippen molar-refractivity contribution in [2.24, 2.45) is 0 Å². The molecule has 3 aromatic rings. The minimum absolute atomic E-state index is 0.0320. The van der Waals surface area contributed by atoms with E-state index in [2.05, 4.69) is 27.3 Å². The summed E-state index contributed by atoms with van der Waals surface area (Å²) in [5.74, 6) is 1.37. The second-order valence-electron chi connectivity index (χ2n) is 7.98. The van der Waals surface area contributed by atoms with Crippen molar-refractivity contribution in [3.05, 3.63) is 59.5 Å². The smallest absolute Gasteiger partial charge is 0.123 e. The summed E-state index contributed by atoms with van der Waals surface area (Å²) in [6.45, 7) is 4.41. The van der Waals surface area contributed by atoms with Crippen molar-refractivity contribution >= 4 is 10.9 Å². The molecule has 1 saturated heterocycles. The SMILES string of the molecule is COc1ccc2[nH]c3c(c2c1)CCNC31CCN(CCOc2ccc(F)cc2)C1. The quantitative estimate of drug-likeness (QED) is 0.695. The van der Waals surface area contributed by atoms with Gasteiger partial charge in [-0.3, -0.25) is 4.90 Å². The van der Waals surface area contributed by atoms with E-state index in [-0.39, 0.29) is 11.4 Å². The van der Waals surface area contributed by atoms with Gasteiger partial charge in [-0.1, -0.05) is 0 Å². The third kappa shape index (κ3) is 3.36. The standard InChI is InChI=1S/C23H26FN3O2/c1-28-18-6-7-21-20(14-18)19-8-10-25-23(22(19)26-21)9-11-27(15-23)12-13-29-17-4-2-16(24)3-5-17/h2-7,14,25-26H,8-13,15H2,1H3. The highest BCUT2D eigenvalue weighted by atomic mass is 19.1. The first-order valence-corrected chi connectivity index (χ1v) is 10.2. The molecule has 1 spiro atoms. The summed E-state index contributed by atoms with van der Waals surface area (Å²) in [7, 11) is 1.71. The van der Waals surface area contributed by atoms with E-state index >= 15 is 0 Å². The Morgan fingerprint density at radius 1 is 1.14 bits per heavy atom. The summed E-state index contributed by atoms with van der Waals surface area (Å²) >= 11 is 0.